The van der Waals surface area contributed by atoms with Gasteiger partial charge in [0, 0.05) is 17.5 Å². The van der Waals surface area contributed by atoms with E-state index in [0.717, 1.165) is 29.0 Å². The summed E-state index contributed by atoms with van der Waals surface area (Å²) in [5, 5.41) is 6.38. The van der Waals surface area contributed by atoms with Crippen LogP contribution < -0.4 is 4.74 Å². The molecule has 0 aliphatic carbocycles. The molecule has 2 aliphatic rings. The summed E-state index contributed by atoms with van der Waals surface area (Å²) in [5.41, 5.74) is 2.05. The minimum Gasteiger partial charge on any atom is -0.464 e. The highest BCUT2D eigenvalue weighted by Crippen LogP contribution is 2.47. The maximum atomic E-state index is 13.3. The third kappa shape index (κ3) is 3.20. The topological polar surface area (TPSA) is 24.8 Å². The Morgan fingerprint density at radius 2 is 1.70 bits per heavy atom. The van der Waals surface area contributed by atoms with Crippen LogP contribution in [-0.4, -0.2) is 10.7 Å². The summed E-state index contributed by atoms with van der Waals surface area (Å²) in [4.78, 5) is 0. The number of ether oxygens (including phenoxy) is 1. The molecule has 0 N–H and O–H groups in total. The fraction of sp³-hybridized carbons (Fsp3) is 0.174. The van der Waals surface area contributed by atoms with Gasteiger partial charge in [0.05, 0.1) is 17.3 Å². The Hall–Kier alpha value is -3.35. The van der Waals surface area contributed by atoms with Crippen molar-refractivity contribution in [3.05, 3.63) is 101 Å². The van der Waals surface area contributed by atoms with E-state index < -0.39 is 18.0 Å². The highest BCUT2D eigenvalue weighted by Gasteiger charge is 2.41. The molecule has 0 amide bonds. The molecule has 0 fully saturated rings. The van der Waals surface area contributed by atoms with E-state index in [-0.39, 0.29) is 11.9 Å². The fourth-order valence-electron chi connectivity index (χ4n) is 3.94. The highest BCUT2D eigenvalue weighted by atomic mass is 19.4. The molecule has 2 aliphatic heterocycles. The van der Waals surface area contributed by atoms with E-state index in [2.05, 4.69) is 5.10 Å². The van der Waals surface area contributed by atoms with Gasteiger partial charge in [0.1, 0.15) is 11.6 Å². The highest BCUT2D eigenvalue weighted by molar-refractivity contribution is 6.01. The minimum atomic E-state index is -4.45. The Labute approximate surface area is 170 Å². The molecule has 0 saturated heterocycles. The number of hydrazone groups is 1. The second-order valence-electron chi connectivity index (χ2n) is 7.28. The number of benzene rings is 3. The van der Waals surface area contributed by atoms with Gasteiger partial charge in [-0.3, -0.25) is 0 Å². The average molecular weight is 412 g/mol. The lowest BCUT2D eigenvalue weighted by molar-refractivity contribution is -0.137. The summed E-state index contributed by atoms with van der Waals surface area (Å²) < 4.78 is 59.2. The molecule has 5 rings (SSSR count). The number of halogens is 4. The van der Waals surface area contributed by atoms with Gasteiger partial charge in [-0.2, -0.15) is 18.3 Å². The molecule has 0 bridgehead atoms. The molecule has 2 atom stereocenters. The molecule has 3 aromatic rings. The summed E-state index contributed by atoms with van der Waals surface area (Å²) >= 11 is 0. The molecular weight excluding hydrogens is 396 g/mol. The number of para-hydroxylation sites is 1. The van der Waals surface area contributed by atoms with Crippen LogP contribution in [0.3, 0.4) is 0 Å². The Kier molecular flexibility index (Phi) is 4.27. The summed E-state index contributed by atoms with van der Waals surface area (Å²) in [5.74, 6) is 0.280. The van der Waals surface area contributed by atoms with Crippen LogP contribution in [0.2, 0.25) is 0 Å². The summed E-state index contributed by atoms with van der Waals surface area (Å²) in [6.07, 6.45) is -4.71. The lowest BCUT2D eigenvalue weighted by Crippen LogP contribution is -2.33. The Bertz CT molecular complexity index is 1120. The molecule has 0 saturated carbocycles. The first-order chi connectivity index (χ1) is 14.4. The summed E-state index contributed by atoms with van der Waals surface area (Å²) in [6.45, 7) is 0. The number of rotatable bonds is 2. The number of hydrogen-bond acceptors (Lipinski definition) is 3. The zero-order chi connectivity index (χ0) is 20.9. The minimum absolute atomic E-state index is 0.186. The summed E-state index contributed by atoms with van der Waals surface area (Å²) in [6, 6.07) is 18.4. The molecule has 152 valence electrons. The van der Waals surface area contributed by atoms with Gasteiger partial charge in [0.2, 0.25) is 6.23 Å². The number of alkyl halides is 3. The number of nitrogens with zero attached hydrogens (tertiary/aromatic N) is 2. The SMILES string of the molecule is Fc1ccc(C2=NN3[C@@H](C2)c2ccccc2O[C@H]3c2cccc(C(F)(F)F)c2)cc1. The van der Waals surface area contributed by atoms with Crippen molar-refractivity contribution in [1.29, 1.82) is 0 Å². The average Bonchev–Trinajstić information content (AvgIpc) is 3.19. The van der Waals surface area contributed by atoms with Crippen LogP contribution in [0.5, 0.6) is 5.75 Å². The number of fused-ring (bicyclic) bond motifs is 3. The molecule has 0 aromatic heterocycles. The Morgan fingerprint density at radius 1 is 0.933 bits per heavy atom. The second-order valence-corrected chi connectivity index (χ2v) is 7.28. The Balaban J connectivity index is 1.59. The van der Waals surface area contributed by atoms with Crippen molar-refractivity contribution >= 4 is 5.71 Å². The van der Waals surface area contributed by atoms with E-state index in [1.807, 2.05) is 24.3 Å². The van der Waals surface area contributed by atoms with Crippen molar-refractivity contribution in [1.82, 2.24) is 5.01 Å². The standard InChI is InChI=1S/C23H16F4N2O/c24-17-10-8-14(9-11-17)19-13-20-18-6-1-2-7-21(18)30-22(29(20)28-19)15-4-3-5-16(12-15)23(25,26)27/h1-12,20,22H,13H2/t20-,22-/m0/s1. The quantitative estimate of drug-likeness (QED) is 0.476. The monoisotopic (exact) mass is 412 g/mol. The van der Waals surface area contributed by atoms with Crippen LogP contribution >= 0.6 is 0 Å². The second kappa shape index (κ2) is 6.86. The van der Waals surface area contributed by atoms with Gasteiger partial charge in [-0.25, -0.2) is 9.40 Å². The Morgan fingerprint density at radius 3 is 2.47 bits per heavy atom. The van der Waals surface area contributed by atoms with E-state index in [1.165, 1.54) is 18.2 Å². The lowest BCUT2D eigenvalue weighted by atomic mass is 9.95. The molecule has 0 spiro atoms. The van der Waals surface area contributed by atoms with Crippen molar-refractivity contribution < 1.29 is 22.3 Å². The van der Waals surface area contributed by atoms with Crippen LogP contribution in [0.25, 0.3) is 0 Å². The molecule has 3 nitrogen and oxygen atoms in total. The zero-order valence-corrected chi connectivity index (χ0v) is 15.6. The fourth-order valence-corrected chi connectivity index (χ4v) is 3.94. The van der Waals surface area contributed by atoms with Crippen molar-refractivity contribution in [2.24, 2.45) is 5.10 Å². The van der Waals surface area contributed by atoms with Crippen molar-refractivity contribution in [2.45, 2.75) is 24.9 Å². The third-order valence-electron chi connectivity index (χ3n) is 5.38. The van der Waals surface area contributed by atoms with E-state index in [9.17, 15) is 17.6 Å². The molecule has 3 aromatic carbocycles. The molecule has 30 heavy (non-hydrogen) atoms. The predicted octanol–water partition coefficient (Wildman–Crippen LogP) is 6.09. The third-order valence-corrected chi connectivity index (χ3v) is 5.38. The maximum Gasteiger partial charge on any atom is 0.416 e. The molecule has 7 heteroatoms. The van der Waals surface area contributed by atoms with E-state index >= 15 is 0 Å². The molecule has 0 radical (unpaired) electrons. The van der Waals surface area contributed by atoms with Gasteiger partial charge in [-0.1, -0.05) is 42.5 Å². The first-order valence-corrected chi connectivity index (χ1v) is 9.44. The lowest BCUT2D eigenvalue weighted by Gasteiger charge is -2.38. The molecular formula is C23H16F4N2O. The van der Waals surface area contributed by atoms with Crippen LogP contribution in [-0.2, 0) is 6.18 Å². The van der Waals surface area contributed by atoms with Gasteiger partial charge >= 0.3 is 6.18 Å². The van der Waals surface area contributed by atoms with Crippen molar-refractivity contribution in [3.8, 4) is 5.75 Å². The number of hydrogen-bond donors (Lipinski definition) is 0. The van der Waals surface area contributed by atoms with Crippen LogP contribution in [0.1, 0.15) is 40.9 Å². The van der Waals surface area contributed by atoms with Gasteiger partial charge in [-0.05, 0) is 35.9 Å². The van der Waals surface area contributed by atoms with E-state index in [0.29, 0.717) is 17.7 Å². The largest absolute Gasteiger partial charge is 0.464 e. The van der Waals surface area contributed by atoms with Crippen molar-refractivity contribution in [2.75, 3.05) is 0 Å². The van der Waals surface area contributed by atoms with Gasteiger partial charge in [0.25, 0.3) is 0 Å². The van der Waals surface area contributed by atoms with Gasteiger partial charge in [0.15, 0.2) is 0 Å². The van der Waals surface area contributed by atoms with Gasteiger partial charge < -0.3 is 4.74 Å². The zero-order valence-electron chi connectivity index (χ0n) is 15.6. The van der Waals surface area contributed by atoms with Crippen LogP contribution in [0.4, 0.5) is 17.6 Å². The normalized spacial score (nSPS) is 20.3. The maximum absolute atomic E-state index is 13.3. The van der Waals surface area contributed by atoms with Crippen LogP contribution in [0.15, 0.2) is 77.9 Å². The molecule has 0 unspecified atom stereocenters. The predicted molar refractivity (Wildman–Crippen MR) is 103 cm³/mol. The molecule has 2 heterocycles. The first kappa shape index (κ1) is 18.7. The van der Waals surface area contributed by atoms with Crippen LogP contribution in [0, 0.1) is 5.82 Å². The van der Waals surface area contributed by atoms with Crippen molar-refractivity contribution in [3.63, 3.8) is 0 Å². The van der Waals surface area contributed by atoms with Gasteiger partial charge in [-0.15, -0.1) is 0 Å². The van der Waals surface area contributed by atoms with E-state index in [1.54, 1.807) is 23.2 Å². The van der Waals surface area contributed by atoms with E-state index in [4.69, 9.17) is 4.74 Å². The first-order valence-electron chi connectivity index (χ1n) is 9.44. The summed E-state index contributed by atoms with van der Waals surface area (Å²) in [7, 11) is 0. The smallest absolute Gasteiger partial charge is 0.416 e.